The molecule has 0 fully saturated rings. The molecule has 0 radical (unpaired) electrons. The maximum absolute atomic E-state index is 4.28. The van der Waals surface area contributed by atoms with Gasteiger partial charge in [0.05, 0.1) is 5.69 Å². The molecule has 0 saturated heterocycles. The molecule has 0 aliphatic carbocycles. The minimum atomic E-state index is 0.913. The van der Waals surface area contributed by atoms with Gasteiger partial charge in [0.25, 0.3) is 0 Å². The Bertz CT molecular complexity index is 446. The van der Waals surface area contributed by atoms with Crippen LogP contribution in [-0.2, 0) is 6.42 Å². The van der Waals surface area contributed by atoms with Crippen molar-refractivity contribution in [1.29, 1.82) is 0 Å². The molecule has 0 atom stereocenters. The molecule has 1 aromatic heterocycles. The lowest BCUT2D eigenvalue weighted by Crippen LogP contribution is -1.93. The summed E-state index contributed by atoms with van der Waals surface area (Å²) in [6, 6.07) is 14.4. The standard InChI is InChI=1S/C14H13N/c1-2-14-13(9-6-10-15-14)11-12-7-4-3-5-8-12/h2-10H,1,11H2. The molecule has 0 bridgehead atoms. The molecule has 2 rings (SSSR count). The topological polar surface area (TPSA) is 12.9 Å². The number of aromatic nitrogens is 1. The van der Waals surface area contributed by atoms with E-state index in [0.717, 1.165) is 12.1 Å². The second-order valence-electron chi connectivity index (χ2n) is 3.41. The fourth-order valence-electron chi connectivity index (χ4n) is 1.60. The first-order valence-corrected chi connectivity index (χ1v) is 5.00. The van der Waals surface area contributed by atoms with Gasteiger partial charge in [0.15, 0.2) is 0 Å². The fourth-order valence-corrected chi connectivity index (χ4v) is 1.60. The Morgan fingerprint density at radius 2 is 1.87 bits per heavy atom. The van der Waals surface area contributed by atoms with Crippen LogP contribution in [0.15, 0.2) is 55.2 Å². The minimum absolute atomic E-state index is 0.913. The van der Waals surface area contributed by atoms with E-state index in [1.165, 1.54) is 11.1 Å². The average molecular weight is 195 g/mol. The second kappa shape index (κ2) is 4.56. The van der Waals surface area contributed by atoms with Gasteiger partial charge >= 0.3 is 0 Å². The molecule has 15 heavy (non-hydrogen) atoms. The van der Waals surface area contributed by atoms with Gasteiger partial charge in [-0.3, -0.25) is 4.98 Å². The third kappa shape index (κ3) is 2.32. The first-order chi connectivity index (χ1) is 7.40. The number of hydrogen-bond donors (Lipinski definition) is 0. The Hall–Kier alpha value is -1.89. The normalized spacial score (nSPS) is 9.87. The summed E-state index contributed by atoms with van der Waals surface area (Å²) in [6.07, 6.45) is 4.51. The Morgan fingerprint density at radius 3 is 2.60 bits per heavy atom. The summed E-state index contributed by atoms with van der Waals surface area (Å²) in [7, 11) is 0. The number of rotatable bonds is 3. The van der Waals surface area contributed by atoms with Crippen molar-refractivity contribution >= 4 is 6.08 Å². The highest BCUT2D eigenvalue weighted by Gasteiger charge is 2.00. The highest BCUT2D eigenvalue weighted by atomic mass is 14.7. The third-order valence-corrected chi connectivity index (χ3v) is 2.36. The van der Waals surface area contributed by atoms with Gasteiger partial charge in [0.2, 0.25) is 0 Å². The van der Waals surface area contributed by atoms with Crippen molar-refractivity contribution in [2.45, 2.75) is 6.42 Å². The molecule has 1 aromatic carbocycles. The van der Waals surface area contributed by atoms with Gasteiger partial charge in [-0.05, 0) is 29.7 Å². The monoisotopic (exact) mass is 195 g/mol. The van der Waals surface area contributed by atoms with E-state index in [0.29, 0.717) is 0 Å². The van der Waals surface area contributed by atoms with Crippen molar-refractivity contribution in [1.82, 2.24) is 4.98 Å². The molecule has 0 unspecified atom stereocenters. The maximum atomic E-state index is 4.28. The van der Waals surface area contributed by atoms with Crippen molar-refractivity contribution in [2.75, 3.05) is 0 Å². The second-order valence-corrected chi connectivity index (χ2v) is 3.41. The zero-order valence-electron chi connectivity index (χ0n) is 8.56. The Morgan fingerprint density at radius 1 is 1.07 bits per heavy atom. The Labute approximate surface area is 90.1 Å². The smallest absolute Gasteiger partial charge is 0.0659 e. The molecule has 1 heteroatoms. The van der Waals surface area contributed by atoms with Gasteiger partial charge in [-0.15, -0.1) is 0 Å². The van der Waals surface area contributed by atoms with E-state index < -0.39 is 0 Å². The van der Waals surface area contributed by atoms with Crippen LogP contribution in [0.25, 0.3) is 6.08 Å². The van der Waals surface area contributed by atoms with E-state index in [1.807, 2.05) is 12.1 Å². The van der Waals surface area contributed by atoms with E-state index in [4.69, 9.17) is 0 Å². The summed E-state index contributed by atoms with van der Waals surface area (Å²) < 4.78 is 0. The zero-order chi connectivity index (χ0) is 10.5. The number of benzene rings is 1. The molecule has 2 aromatic rings. The van der Waals surface area contributed by atoms with Gasteiger partial charge in [-0.25, -0.2) is 0 Å². The molecular weight excluding hydrogens is 182 g/mol. The fraction of sp³-hybridized carbons (Fsp3) is 0.0714. The van der Waals surface area contributed by atoms with Crippen molar-refractivity contribution in [2.24, 2.45) is 0 Å². The van der Waals surface area contributed by atoms with Crippen LogP contribution in [-0.4, -0.2) is 4.98 Å². The summed E-state index contributed by atoms with van der Waals surface area (Å²) in [4.78, 5) is 4.28. The van der Waals surface area contributed by atoms with Gasteiger partial charge < -0.3 is 0 Å². The third-order valence-electron chi connectivity index (χ3n) is 2.36. The molecule has 1 heterocycles. The van der Waals surface area contributed by atoms with E-state index >= 15 is 0 Å². The lowest BCUT2D eigenvalue weighted by molar-refractivity contribution is 1.13. The van der Waals surface area contributed by atoms with Crippen molar-refractivity contribution < 1.29 is 0 Å². The van der Waals surface area contributed by atoms with Crippen LogP contribution in [0.2, 0.25) is 0 Å². The SMILES string of the molecule is C=Cc1ncccc1Cc1ccccc1. The number of nitrogens with zero attached hydrogens (tertiary/aromatic N) is 1. The molecule has 0 aliphatic rings. The van der Waals surface area contributed by atoms with Gasteiger partial charge in [0, 0.05) is 6.20 Å². The molecule has 0 amide bonds. The lowest BCUT2D eigenvalue weighted by Gasteiger charge is -2.04. The van der Waals surface area contributed by atoms with E-state index in [2.05, 4.69) is 41.9 Å². The Kier molecular flexibility index (Phi) is 2.93. The van der Waals surface area contributed by atoms with Crippen LogP contribution in [0, 0.1) is 0 Å². The van der Waals surface area contributed by atoms with Crippen LogP contribution in [0.1, 0.15) is 16.8 Å². The van der Waals surface area contributed by atoms with Gasteiger partial charge in [0.1, 0.15) is 0 Å². The highest BCUT2D eigenvalue weighted by Crippen LogP contribution is 2.12. The quantitative estimate of drug-likeness (QED) is 0.732. The van der Waals surface area contributed by atoms with Crippen LogP contribution < -0.4 is 0 Å². The minimum Gasteiger partial charge on any atom is -0.257 e. The van der Waals surface area contributed by atoms with Crippen LogP contribution in [0.5, 0.6) is 0 Å². The lowest BCUT2D eigenvalue weighted by atomic mass is 10.0. The van der Waals surface area contributed by atoms with E-state index in [-0.39, 0.29) is 0 Å². The largest absolute Gasteiger partial charge is 0.257 e. The molecular formula is C14H13N. The predicted octanol–water partition coefficient (Wildman–Crippen LogP) is 3.32. The van der Waals surface area contributed by atoms with Crippen molar-refractivity contribution in [3.63, 3.8) is 0 Å². The van der Waals surface area contributed by atoms with Crippen LogP contribution >= 0.6 is 0 Å². The maximum Gasteiger partial charge on any atom is 0.0659 e. The van der Waals surface area contributed by atoms with E-state index in [9.17, 15) is 0 Å². The summed E-state index contributed by atoms with van der Waals surface area (Å²) in [5.41, 5.74) is 3.49. The average Bonchev–Trinajstić information content (AvgIpc) is 2.31. The van der Waals surface area contributed by atoms with Crippen LogP contribution in [0.3, 0.4) is 0 Å². The molecule has 1 nitrogen and oxygen atoms in total. The molecule has 74 valence electrons. The summed E-state index contributed by atoms with van der Waals surface area (Å²) in [6.45, 7) is 3.77. The predicted molar refractivity (Wildman–Crippen MR) is 63.6 cm³/mol. The summed E-state index contributed by atoms with van der Waals surface area (Å²) in [5, 5.41) is 0. The number of pyridine rings is 1. The van der Waals surface area contributed by atoms with Crippen LogP contribution in [0.4, 0.5) is 0 Å². The van der Waals surface area contributed by atoms with Gasteiger partial charge in [-0.1, -0.05) is 43.0 Å². The number of hydrogen-bond acceptors (Lipinski definition) is 1. The van der Waals surface area contributed by atoms with Crippen molar-refractivity contribution in [3.8, 4) is 0 Å². The molecule has 0 spiro atoms. The molecule has 0 saturated carbocycles. The summed E-state index contributed by atoms with van der Waals surface area (Å²) >= 11 is 0. The van der Waals surface area contributed by atoms with E-state index in [1.54, 1.807) is 12.3 Å². The first kappa shape index (κ1) is 9.66. The first-order valence-electron chi connectivity index (χ1n) is 5.00. The van der Waals surface area contributed by atoms with Crippen molar-refractivity contribution in [3.05, 3.63) is 72.1 Å². The molecule has 0 aliphatic heterocycles. The zero-order valence-corrected chi connectivity index (χ0v) is 8.56. The Balaban J connectivity index is 2.28. The summed E-state index contributed by atoms with van der Waals surface area (Å²) in [5.74, 6) is 0. The highest BCUT2D eigenvalue weighted by molar-refractivity contribution is 5.48. The van der Waals surface area contributed by atoms with Gasteiger partial charge in [-0.2, -0.15) is 0 Å². The molecule has 0 N–H and O–H groups in total.